The third-order valence-corrected chi connectivity index (χ3v) is 20.2. The topological polar surface area (TPSA) is 0 Å². The Bertz CT molecular complexity index is 3070. The van der Waals surface area contributed by atoms with Crippen LogP contribution >= 0.6 is 0 Å². The van der Waals surface area contributed by atoms with Gasteiger partial charge in [-0.25, -0.2) is 0 Å². The van der Waals surface area contributed by atoms with Crippen LogP contribution in [0, 0.1) is 12.3 Å². The lowest BCUT2D eigenvalue weighted by atomic mass is 9.77. The maximum Gasteiger partial charge on any atom is 0.0321 e. The molecule has 0 aromatic heterocycles. The van der Waals surface area contributed by atoms with E-state index < -0.39 is 0 Å². The molecule has 0 amide bonds. The number of hydrogen-bond donors (Lipinski definition) is 0. The zero-order valence-corrected chi connectivity index (χ0v) is 59.1. The summed E-state index contributed by atoms with van der Waals surface area (Å²) in [6.07, 6.45) is 65.2. The van der Waals surface area contributed by atoms with Crippen LogP contribution in [0.3, 0.4) is 0 Å². The largest absolute Gasteiger partial charge is 0.115 e. The molecule has 0 heterocycles. The molecule has 0 nitrogen and oxygen atoms in total. The van der Waals surface area contributed by atoms with Crippen molar-refractivity contribution in [2.24, 2.45) is 0 Å². The lowest BCUT2D eigenvalue weighted by Gasteiger charge is -2.26. The van der Waals surface area contributed by atoms with Crippen molar-refractivity contribution in [2.45, 2.75) is 310 Å². The lowest BCUT2D eigenvalue weighted by molar-refractivity contribution is 0.556. The number of unbranched alkanes of at least 4 members (excludes halogenated alkanes) is 36. The van der Waals surface area contributed by atoms with E-state index in [9.17, 15) is 0 Å². The van der Waals surface area contributed by atoms with Crippen molar-refractivity contribution in [1.29, 1.82) is 0 Å². The summed E-state index contributed by atoms with van der Waals surface area (Å²) in [6.45, 7) is 9.26. The highest BCUT2D eigenvalue weighted by molar-refractivity contribution is 6.09. The van der Waals surface area contributed by atoms with Crippen LogP contribution in [-0.2, 0) is 25.7 Å². The quantitative estimate of drug-likeness (QED) is 0.0263. The van der Waals surface area contributed by atoms with E-state index in [1.807, 2.05) is 0 Å². The maximum atomic E-state index is 6.39. The van der Waals surface area contributed by atoms with Gasteiger partial charge in [-0.1, -0.05) is 404 Å². The summed E-state index contributed by atoms with van der Waals surface area (Å²) in [7, 11) is 0. The van der Waals surface area contributed by atoms with Crippen molar-refractivity contribution in [3.8, 4) is 79.1 Å². The standard InChI is InChI=1S/C92H126/c1-6-11-15-19-23-27-31-35-39-43-51-76-59-67-81(68-60-76)88-75-89(87-58-50-49-57-86(87)85-56-48-47-55-80(85)10-5)91(83-71-63-78(64-72-83)53-45-41-37-33-29-25-21-17-13-8-3)92(84-73-65-79(66-74-84)54-46-42-38-34-30-26-22-18-14-9-4)90(88)82-69-61-77(62-70-82)52-44-40-36-32-28-24-20-16-12-7-2/h5,47-50,55-75H,6-9,11-46,51-54H2,1-4H3. The van der Waals surface area contributed by atoms with Gasteiger partial charge in [-0.3, -0.25) is 0 Å². The summed E-state index contributed by atoms with van der Waals surface area (Å²) in [4.78, 5) is 0. The molecule has 0 bridgehead atoms. The first-order valence-electron chi connectivity index (χ1n) is 38.8. The fourth-order valence-electron chi connectivity index (χ4n) is 14.4. The van der Waals surface area contributed by atoms with Gasteiger partial charge >= 0.3 is 0 Å². The average Bonchev–Trinajstić information content (AvgIpc) is 0.739. The third kappa shape index (κ3) is 25.8. The van der Waals surface area contributed by atoms with Gasteiger partial charge in [0.05, 0.1) is 0 Å². The SMILES string of the molecule is C#Cc1ccccc1-c1ccccc1-c1cc(-c2ccc(CCCCCCCCCCCC)cc2)c(-c2ccc(CCCCCCCCCCCC)cc2)c(-c2ccc(CCCCCCCCCCCC)cc2)c1-c1ccc(CCCCCCCCCCCC)cc1. The smallest absolute Gasteiger partial charge is 0.0321 e. The highest BCUT2D eigenvalue weighted by Gasteiger charge is 2.26. The van der Waals surface area contributed by atoms with Crippen LogP contribution in [0.15, 0.2) is 152 Å². The van der Waals surface area contributed by atoms with E-state index in [4.69, 9.17) is 6.42 Å². The van der Waals surface area contributed by atoms with Gasteiger partial charge in [0.2, 0.25) is 0 Å². The Kier molecular flexibility index (Phi) is 36.3. The number of terminal acetylenes is 1. The molecule has 7 aromatic carbocycles. The van der Waals surface area contributed by atoms with Crippen LogP contribution in [0.5, 0.6) is 0 Å². The fraction of sp³-hybridized carbons (Fsp3) is 0.522. The van der Waals surface area contributed by atoms with Crippen LogP contribution < -0.4 is 0 Å². The predicted molar refractivity (Wildman–Crippen MR) is 409 cm³/mol. The van der Waals surface area contributed by atoms with E-state index in [1.165, 1.54) is 340 Å². The van der Waals surface area contributed by atoms with Gasteiger partial charge in [-0.05, 0) is 153 Å². The minimum absolute atomic E-state index is 0.920. The number of hydrogen-bond acceptors (Lipinski definition) is 0. The zero-order chi connectivity index (χ0) is 64.3. The molecule has 0 spiro atoms. The molecule has 0 saturated heterocycles. The second kappa shape index (κ2) is 45.4. The van der Waals surface area contributed by atoms with Crippen molar-refractivity contribution >= 4 is 0 Å². The molecule has 0 aliphatic rings. The van der Waals surface area contributed by atoms with Crippen LogP contribution in [0.1, 0.15) is 312 Å². The number of rotatable bonds is 50. The second-order valence-electron chi connectivity index (χ2n) is 27.8. The van der Waals surface area contributed by atoms with E-state index >= 15 is 0 Å². The van der Waals surface area contributed by atoms with Gasteiger partial charge in [0.15, 0.2) is 0 Å². The Morgan fingerprint density at radius 3 is 0.761 bits per heavy atom. The Morgan fingerprint density at radius 2 is 0.457 bits per heavy atom. The van der Waals surface area contributed by atoms with E-state index in [-0.39, 0.29) is 0 Å². The van der Waals surface area contributed by atoms with Gasteiger partial charge in [0.1, 0.15) is 0 Å². The summed E-state index contributed by atoms with van der Waals surface area (Å²) in [5.74, 6) is 3.09. The molecule has 92 heavy (non-hydrogen) atoms. The van der Waals surface area contributed by atoms with E-state index in [1.54, 1.807) is 0 Å². The molecule has 0 fully saturated rings. The minimum atomic E-state index is 0.920. The Morgan fingerprint density at radius 1 is 0.217 bits per heavy atom. The second-order valence-corrected chi connectivity index (χ2v) is 27.8. The summed E-state index contributed by atoms with van der Waals surface area (Å²) in [5, 5.41) is 0. The predicted octanol–water partition coefficient (Wildman–Crippen LogP) is 29.5. The Balaban J connectivity index is 1.30. The molecule has 0 N–H and O–H groups in total. The van der Waals surface area contributed by atoms with Crippen LogP contribution in [0.2, 0.25) is 0 Å². The summed E-state index contributed by atoms with van der Waals surface area (Å²) >= 11 is 0. The molecule has 0 aliphatic carbocycles. The lowest BCUT2D eigenvalue weighted by Crippen LogP contribution is -2.00. The summed E-state index contributed by atoms with van der Waals surface area (Å²) in [5.41, 5.74) is 21.6. The number of aryl methyl sites for hydroxylation is 4. The van der Waals surface area contributed by atoms with Crippen molar-refractivity contribution in [3.05, 3.63) is 179 Å². The molecule has 0 unspecified atom stereocenters. The molecule has 0 atom stereocenters. The summed E-state index contributed by atoms with van der Waals surface area (Å²) < 4.78 is 0. The minimum Gasteiger partial charge on any atom is -0.115 e. The molecule has 0 saturated carbocycles. The number of benzene rings is 7. The van der Waals surface area contributed by atoms with Gasteiger partial charge in [0.25, 0.3) is 0 Å². The third-order valence-electron chi connectivity index (χ3n) is 20.2. The van der Waals surface area contributed by atoms with E-state index in [0.29, 0.717) is 0 Å². The average molecular weight is 1230 g/mol. The van der Waals surface area contributed by atoms with Gasteiger partial charge in [0, 0.05) is 5.56 Å². The Labute approximate surface area is 565 Å². The Hall–Kier alpha value is -5.90. The molecule has 0 aliphatic heterocycles. The van der Waals surface area contributed by atoms with Crippen molar-refractivity contribution in [2.75, 3.05) is 0 Å². The summed E-state index contributed by atoms with van der Waals surface area (Å²) in [6, 6.07) is 59.7. The fourth-order valence-corrected chi connectivity index (χ4v) is 14.4. The first-order valence-corrected chi connectivity index (χ1v) is 38.8. The van der Waals surface area contributed by atoms with Crippen LogP contribution in [-0.4, -0.2) is 0 Å². The molecule has 7 rings (SSSR count). The van der Waals surface area contributed by atoms with E-state index in [2.05, 4.69) is 185 Å². The first-order chi connectivity index (χ1) is 45.6. The van der Waals surface area contributed by atoms with Crippen molar-refractivity contribution < 1.29 is 0 Å². The van der Waals surface area contributed by atoms with E-state index in [0.717, 1.165) is 36.8 Å². The normalized spacial score (nSPS) is 11.4. The first kappa shape index (κ1) is 73.5. The highest BCUT2D eigenvalue weighted by Crippen LogP contribution is 2.52. The van der Waals surface area contributed by atoms with Crippen molar-refractivity contribution in [3.63, 3.8) is 0 Å². The van der Waals surface area contributed by atoms with Gasteiger partial charge in [-0.15, -0.1) is 6.42 Å². The van der Waals surface area contributed by atoms with Crippen LogP contribution in [0.25, 0.3) is 66.8 Å². The monoisotopic (exact) mass is 1230 g/mol. The molecular weight excluding hydrogens is 1110 g/mol. The molecule has 7 aromatic rings. The molecule has 0 radical (unpaired) electrons. The van der Waals surface area contributed by atoms with Gasteiger partial charge < -0.3 is 0 Å². The van der Waals surface area contributed by atoms with Crippen molar-refractivity contribution in [1.82, 2.24) is 0 Å². The van der Waals surface area contributed by atoms with Crippen LogP contribution in [0.4, 0.5) is 0 Å². The molecule has 494 valence electrons. The molecule has 0 heteroatoms. The van der Waals surface area contributed by atoms with Gasteiger partial charge in [-0.2, -0.15) is 0 Å². The highest BCUT2D eigenvalue weighted by atomic mass is 14.3. The molecular formula is C92H126. The maximum absolute atomic E-state index is 6.39. The zero-order valence-electron chi connectivity index (χ0n) is 59.1.